The van der Waals surface area contributed by atoms with E-state index in [4.69, 9.17) is 0 Å². The minimum atomic E-state index is -0.116. The number of aryl methyl sites for hydroxylation is 1. The molecule has 1 fully saturated rings. The molecule has 5 heteroatoms. The lowest BCUT2D eigenvalue weighted by Gasteiger charge is -2.36. The van der Waals surface area contributed by atoms with Crippen molar-refractivity contribution in [2.75, 3.05) is 18.0 Å². The molecule has 1 N–H and O–H groups in total. The highest BCUT2D eigenvalue weighted by Gasteiger charge is 2.30. The minimum Gasteiger partial charge on any atom is -0.353 e. The van der Waals surface area contributed by atoms with Crippen molar-refractivity contribution in [1.29, 1.82) is 0 Å². The zero-order chi connectivity index (χ0) is 12.4. The van der Waals surface area contributed by atoms with E-state index >= 15 is 0 Å². The van der Waals surface area contributed by atoms with Gasteiger partial charge in [0, 0.05) is 19.3 Å². The Bertz CT molecular complexity index is 436. The van der Waals surface area contributed by atoms with E-state index in [-0.39, 0.29) is 11.9 Å². The van der Waals surface area contributed by atoms with E-state index in [0.717, 1.165) is 28.8 Å². The van der Waals surface area contributed by atoms with Gasteiger partial charge in [0.1, 0.15) is 11.9 Å². The summed E-state index contributed by atoms with van der Waals surface area (Å²) >= 11 is 3.56. The maximum absolute atomic E-state index is 11.8. The second kappa shape index (κ2) is 5.04. The normalized spacial score (nSPS) is 20.3. The fraction of sp³-hybridized carbons (Fsp3) is 0.500. The van der Waals surface area contributed by atoms with Crippen LogP contribution in [0.15, 0.2) is 16.7 Å². The van der Waals surface area contributed by atoms with Gasteiger partial charge in [-0.3, -0.25) is 4.79 Å². The van der Waals surface area contributed by atoms with Crippen LogP contribution in [0.1, 0.15) is 18.9 Å². The third-order valence-corrected chi connectivity index (χ3v) is 4.03. The summed E-state index contributed by atoms with van der Waals surface area (Å²) in [5.41, 5.74) is 1.14. The Morgan fingerprint density at radius 3 is 3.12 bits per heavy atom. The van der Waals surface area contributed by atoms with E-state index in [0.29, 0.717) is 6.54 Å². The van der Waals surface area contributed by atoms with E-state index in [1.807, 2.05) is 19.9 Å². The van der Waals surface area contributed by atoms with Crippen LogP contribution in [0, 0.1) is 6.92 Å². The van der Waals surface area contributed by atoms with Gasteiger partial charge in [0.25, 0.3) is 0 Å². The monoisotopic (exact) mass is 297 g/mol. The Morgan fingerprint density at radius 2 is 2.41 bits per heavy atom. The maximum Gasteiger partial charge on any atom is 0.242 e. The molecule has 1 amide bonds. The zero-order valence-electron chi connectivity index (χ0n) is 10.0. The molecular formula is C12H16BrN3O. The highest BCUT2D eigenvalue weighted by atomic mass is 79.9. The van der Waals surface area contributed by atoms with Crippen LogP contribution in [0.4, 0.5) is 5.82 Å². The summed E-state index contributed by atoms with van der Waals surface area (Å²) in [6.45, 7) is 5.53. The molecular weight excluding hydrogens is 282 g/mol. The van der Waals surface area contributed by atoms with Gasteiger partial charge < -0.3 is 10.2 Å². The van der Waals surface area contributed by atoms with Crippen molar-refractivity contribution < 1.29 is 4.79 Å². The molecule has 4 nitrogen and oxygen atoms in total. The number of halogens is 1. The molecule has 0 bridgehead atoms. The van der Waals surface area contributed by atoms with E-state index in [1.165, 1.54) is 0 Å². The van der Waals surface area contributed by atoms with Gasteiger partial charge in [-0.1, -0.05) is 6.92 Å². The summed E-state index contributed by atoms with van der Waals surface area (Å²) in [7, 11) is 0. The predicted molar refractivity (Wildman–Crippen MR) is 71.1 cm³/mol. The van der Waals surface area contributed by atoms with Crippen LogP contribution >= 0.6 is 15.9 Å². The number of amides is 1. The Balaban J connectivity index is 2.37. The van der Waals surface area contributed by atoms with E-state index in [2.05, 4.69) is 31.1 Å². The number of rotatable bonds is 2. The van der Waals surface area contributed by atoms with E-state index in [1.54, 1.807) is 6.20 Å². The number of carbonyl (C=O) groups is 1. The summed E-state index contributed by atoms with van der Waals surface area (Å²) in [4.78, 5) is 18.3. The van der Waals surface area contributed by atoms with Crippen molar-refractivity contribution in [2.24, 2.45) is 0 Å². The first-order valence-corrected chi connectivity index (χ1v) is 6.60. The first-order valence-electron chi connectivity index (χ1n) is 5.80. The molecule has 92 valence electrons. The first-order chi connectivity index (χ1) is 8.15. The zero-order valence-corrected chi connectivity index (χ0v) is 11.6. The summed E-state index contributed by atoms with van der Waals surface area (Å²) in [5.74, 6) is 0.959. The molecule has 1 aliphatic rings. The van der Waals surface area contributed by atoms with Gasteiger partial charge in [0.15, 0.2) is 0 Å². The fourth-order valence-corrected chi connectivity index (χ4v) is 2.56. The molecule has 17 heavy (non-hydrogen) atoms. The molecule has 2 heterocycles. The summed E-state index contributed by atoms with van der Waals surface area (Å²) in [6.07, 6.45) is 2.57. The first kappa shape index (κ1) is 12.4. The molecule has 0 aromatic carbocycles. The van der Waals surface area contributed by atoms with Gasteiger partial charge in [-0.15, -0.1) is 0 Å². The average Bonchev–Trinajstić information content (AvgIpc) is 2.32. The molecule has 0 saturated carbocycles. The van der Waals surface area contributed by atoms with Gasteiger partial charge >= 0.3 is 0 Å². The maximum atomic E-state index is 11.8. The van der Waals surface area contributed by atoms with Gasteiger partial charge in [-0.25, -0.2) is 4.98 Å². The summed E-state index contributed by atoms with van der Waals surface area (Å²) < 4.78 is 0.980. The van der Waals surface area contributed by atoms with E-state index < -0.39 is 0 Å². The second-order valence-electron chi connectivity index (χ2n) is 4.17. The molecule has 1 aliphatic heterocycles. The molecule has 1 saturated heterocycles. The molecule has 1 atom stereocenters. The molecule has 1 aromatic heterocycles. The Labute approximate surface area is 110 Å². The number of anilines is 1. The smallest absolute Gasteiger partial charge is 0.242 e. The van der Waals surface area contributed by atoms with Gasteiger partial charge in [0.2, 0.25) is 5.91 Å². The SMILES string of the molecule is CCC1C(=O)NCCN1c1nccc(C)c1Br. The number of pyridine rings is 1. The fourth-order valence-electron chi connectivity index (χ4n) is 2.10. The van der Waals surface area contributed by atoms with Crippen LogP contribution in [0.5, 0.6) is 0 Å². The number of aromatic nitrogens is 1. The Kier molecular flexibility index (Phi) is 3.66. The highest BCUT2D eigenvalue weighted by Crippen LogP contribution is 2.29. The van der Waals surface area contributed by atoms with Crippen LogP contribution in [0.25, 0.3) is 0 Å². The summed E-state index contributed by atoms with van der Waals surface area (Å²) in [6, 6.07) is 1.84. The third kappa shape index (κ3) is 2.29. The minimum absolute atomic E-state index is 0.0916. The Morgan fingerprint density at radius 1 is 1.65 bits per heavy atom. The lowest BCUT2D eigenvalue weighted by molar-refractivity contribution is -0.123. The molecule has 1 unspecified atom stereocenters. The lowest BCUT2D eigenvalue weighted by atomic mass is 10.1. The topological polar surface area (TPSA) is 45.2 Å². The standard InChI is InChI=1S/C12H16BrN3O/c1-3-9-12(17)15-6-7-16(9)11-10(13)8(2)4-5-14-11/h4-5,9H,3,6-7H2,1-2H3,(H,15,17). The number of carbonyl (C=O) groups excluding carboxylic acids is 1. The van der Waals surface area contributed by atoms with Gasteiger partial charge in [0.05, 0.1) is 4.47 Å². The van der Waals surface area contributed by atoms with Crippen molar-refractivity contribution in [2.45, 2.75) is 26.3 Å². The molecule has 0 radical (unpaired) electrons. The molecule has 0 aliphatic carbocycles. The second-order valence-corrected chi connectivity index (χ2v) is 4.97. The van der Waals surface area contributed by atoms with E-state index in [9.17, 15) is 4.79 Å². The Hall–Kier alpha value is -1.10. The van der Waals surface area contributed by atoms with Crippen molar-refractivity contribution in [3.05, 3.63) is 22.3 Å². The lowest BCUT2D eigenvalue weighted by Crippen LogP contribution is -2.55. The van der Waals surface area contributed by atoms with Crippen molar-refractivity contribution in [3.8, 4) is 0 Å². The van der Waals surface area contributed by atoms with Crippen LogP contribution in [-0.4, -0.2) is 30.0 Å². The third-order valence-electron chi connectivity index (χ3n) is 3.05. The van der Waals surface area contributed by atoms with Gasteiger partial charge in [-0.05, 0) is 40.9 Å². The number of piperazine rings is 1. The predicted octanol–water partition coefficient (Wildman–Crippen LogP) is 1.87. The average molecular weight is 298 g/mol. The van der Waals surface area contributed by atoms with Crippen molar-refractivity contribution >= 4 is 27.7 Å². The quantitative estimate of drug-likeness (QED) is 0.906. The van der Waals surface area contributed by atoms with Crippen molar-refractivity contribution in [1.82, 2.24) is 10.3 Å². The summed E-state index contributed by atoms with van der Waals surface area (Å²) in [5, 5.41) is 2.89. The van der Waals surface area contributed by atoms with Crippen LogP contribution in [0.2, 0.25) is 0 Å². The largest absolute Gasteiger partial charge is 0.353 e. The van der Waals surface area contributed by atoms with Crippen molar-refractivity contribution in [3.63, 3.8) is 0 Å². The number of nitrogens with zero attached hydrogens (tertiary/aromatic N) is 2. The van der Waals surface area contributed by atoms with Crippen LogP contribution in [-0.2, 0) is 4.79 Å². The molecule has 1 aromatic rings. The number of hydrogen-bond acceptors (Lipinski definition) is 3. The molecule has 2 rings (SSSR count). The highest BCUT2D eigenvalue weighted by molar-refractivity contribution is 9.10. The molecule has 0 spiro atoms. The van der Waals surface area contributed by atoms with Crippen LogP contribution < -0.4 is 10.2 Å². The van der Waals surface area contributed by atoms with Gasteiger partial charge in [-0.2, -0.15) is 0 Å². The number of hydrogen-bond donors (Lipinski definition) is 1. The number of nitrogens with one attached hydrogen (secondary N) is 1. The van der Waals surface area contributed by atoms with Crippen LogP contribution in [0.3, 0.4) is 0 Å².